The third-order valence-corrected chi connectivity index (χ3v) is 4.52. The molecule has 29 heavy (non-hydrogen) atoms. The lowest BCUT2D eigenvalue weighted by atomic mass is 9.84. The molecule has 0 saturated heterocycles. The summed E-state index contributed by atoms with van der Waals surface area (Å²) in [5.41, 5.74) is -1.14. The van der Waals surface area contributed by atoms with Crippen LogP contribution in [-0.4, -0.2) is 38.7 Å². The first kappa shape index (κ1) is 21.9. The normalized spacial score (nSPS) is 11.0. The molecule has 0 spiro atoms. The summed E-state index contributed by atoms with van der Waals surface area (Å²) < 4.78 is 29.6. The Bertz CT molecular complexity index is 929. The molecule has 0 unspecified atom stereocenters. The summed E-state index contributed by atoms with van der Waals surface area (Å²) in [7, 11) is 3.88. The summed E-state index contributed by atoms with van der Waals surface area (Å²) in [5.74, 6) is -1.24. The minimum atomic E-state index is -0.754. The van der Waals surface area contributed by atoms with Crippen molar-refractivity contribution in [2.75, 3.05) is 27.9 Å². The van der Waals surface area contributed by atoms with Gasteiger partial charge in [-0.1, -0.05) is 32.0 Å². The number of halogens is 1. The molecule has 0 fully saturated rings. The molecule has 0 atom stereocenters. The number of benzene rings is 2. The third-order valence-electron chi connectivity index (χ3n) is 4.52. The molecule has 1 N–H and O–H groups in total. The molecular formula is C20H23FN2O6. The van der Waals surface area contributed by atoms with Crippen LogP contribution in [0.25, 0.3) is 0 Å². The molecule has 156 valence electrons. The van der Waals surface area contributed by atoms with E-state index in [1.807, 2.05) is 0 Å². The van der Waals surface area contributed by atoms with Crippen molar-refractivity contribution in [3.63, 3.8) is 0 Å². The van der Waals surface area contributed by atoms with Gasteiger partial charge >= 0.3 is 5.69 Å². The number of carbonyl (C=O) groups is 1. The van der Waals surface area contributed by atoms with Crippen LogP contribution in [-0.2, 0) is 5.41 Å². The van der Waals surface area contributed by atoms with Gasteiger partial charge in [-0.15, -0.1) is 0 Å². The van der Waals surface area contributed by atoms with Crippen molar-refractivity contribution in [1.82, 2.24) is 5.32 Å². The molecule has 2 rings (SSSR count). The van der Waals surface area contributed by atoms with Crippen molar-refractivity contribution in [2.45, 2.75) is 19.3 Å². The molecule has 0 heterocycles. The molecule has 0 aliphatic heterocycles. The molecule has 1 amide bonds. The number of nitrogens with one attached hydrogen (secondary N) is 1. The van der Waals surface area contributed by atoms with Gasteiger partial charge in [-0.2, -0.15) is 0 Å². The first-order chi connectivity index (χ1) is 13.7. The van der Waals surface area contributed by atoms with Gasteiger partial charge in [-0.3, -0.25) is 14.9 Å². The van der Waals surface area contributed by atoms with Crippen LogP contribution >= 0.6 is 0 Å². The Labute approximate surface area is 167 Å². The van der Waals surface area contributed by atoms with E-state index in [0.717, 1.165) is 0 Å². The molecule has 0 aromatic heterocycles. The number of nitro groups is 1. The second kappa shape index (κ2) is 8.76. The fraction of sp³-hybridized carbons (Fsp3) is 0.350. The molecular weight excluding hydrogens is 383 g/mol. The van der Waals surface area contributed by atoms with Crippen molar-refractivity contribution in [1.29, 1.82) is 0 Å². The van der Waals surface area contributed by atoms with Crippen LogP contribution < -0.4 is 19.5 Å². The Balaban J connectivity index is 2.42. The monoisotopic (exact) mass is 406 g/mol. The Morgan fingerprint density at radius 3 is 2.28 bits per heavy atom. The number of carbonyl (C=O) groups excluding carboxylic acids is 1. The summed E-state index contributed by atoms with van der Waals surface area (Å²) in [6, 6.07) is 7.45. The van der Waals surface area contributed by atoms with Crippen molar-refractivity contribution < 1.29 is 28.3 Å². The number of methoxy groups -OCH3 is 3. The topological polar surface area (TPSA) is 99.9 Å². The summed E-state index contributed by atoms with van der Waals surface area (Å²) >= 11 is 0. The maximum Gasteiger partial charge on any atom is 0.327 e. The lowest BCUT2D eigenvalue weighted by Crippen LogP contribution is -2.37. The van der Waals surface area contributed by atoms with Gasteiger partial charge < -0.3 is 19.5 Å². The van der Waals surface area contributed by atoms with E-state index in [9.17, 15) is 19.3 Å². The Hall–Kier alpha value is -3.36. The second-order valence-corrected chi connectivity index (χ2v) is 6.85. The average molecular weight is 406 g/mol. The number of rotatable bonds is 8. The highest BCUT2D eigenvalue weighted by molar-refractivity contribution is 6.00. The van der Waals surface area contributed by atoms with E-state index < -0.39 is 27.8 Å². The Morgan fingerprint density at radius 1 is 1.14 bits per heavy atom. The lowest BCUT2D eigenvalue weighted by Gasteiger charge is -2.26. The van der Waals surface area contributed by atoms with Gasteiger partial charge in [-0.05, 0) is 11.6 Å². The van der Waals surface area contributed by atoms with E-state index in [1.54, 1.807) is 32.0 Å². The van der Waals surface area contributed by atoms with Crippen LogP contribution in [0.5, 0.6) is 17.2 Å². The van der Waals surface area contributed by atoms with Gasteiger partial charge in [0.1, 0.15) is 11.4 Å². The fourth-order valence-electron chi connectivity index (χ4n) is 3.00. The highest BCUT2D eigenvalue weighted by Crippen LogP contribution is 2.46. The number of nitro benzene ring substituents is 1. The Morgan fingerprint density at radius 2 is 1.76 bits per heavy atom. The van der Waals surface area contributed by atoms with Crippen LogP contribution in [0.3, 0.4) is 0 Å². The molecule has 0 bridgehead atoms. The van der Waals surface area contributed by atoms with Gasteiger partial charge in [0.15, 0.2) is 5.75 Å². The number of ether oxygens (including phenoxy) is 3. The van der Waals surface area contributed by atoms with Crippen molar-refractivity contribution in [3.05, 3.63) is 57.4 Å². The molecule has 2 aromatic carbocycles. The van der Waals surface area contributed by atoms with Gasteiger partial charge in [0, 0.05) is 18.0 Å². The van der Waals surface area contributed by atoms with E-state index in [4.69, 9.17) is 14.2 Å². The predicted molar refractivity (Wildman–Crippen MR) is 105 cm³/mol. The predicted octanol–water partition coefficient (Wildman–Crippen LogP) is 3.47. The fourth-order valence-corrected chi connectivity index (χ4v) is 3.00. The summed E-state index contributed by atoms with van der Waals surface area (Å²) in [6.07, 6.45) is 0. The number of nitrogens with zero attached hydrogens (tertiary/aromatic N) is 1. The quantitative estimate of drug-likeness (QED) is 0.532. The smallest absolute Gasteiger partial charge is 0.327 e. The lowest BCUT2D eigenvalue weighted by molar-refractivity contribution is -0.386. The minimum absolute atomic E-state index is 0.00457. The zero-order valence-corrected chi connectivity index (χ0v) is 16.9. The first-order valence-corrected chi connectivity index (χ1v) is 8.68. The second-order valence-electron chi connectivity index (χ2n) is 6.85. The maximum absolute atomic E-state index is 14.1. The molecule has 0 aliphatic carbocycles. The van der Waals surface area contributed by atoms with Gasteiger partial charge in [0.25, 0.3) is 5.91 Å². The van der Waals surface area contributed by atoms with Gasteiger partial charge in [-0.25, -0.2) is 4.39 Å². The Kier molecular flexibility index (Phi) is 6.63. The van der Waals surface area contributed by atoms with Crippen molar-refractivity contribution >= 4 is 11.6 Å². The number of hydrogen-bond acceptors (Lipinski definition) is 6. The molecule has 0 radical (unpaired) electrons. The molecule has 9 heteroatoms. The SMILES string of the molecule is COc1cc(C(=O)NCC(C)(C)c2ccccc2F)c([N+](=O)[O-])c(OC)c1OC. The van der Waals surface area contributed by atoms with E-state index in [2.05, 4.69) is 5.32 Å². The maximum atomic E-state index is 14.1. The first-order valence-electron chi connectivity index (χ1n) is 8.68. The molecule has 8 nitrogen and oxygen atoms in total. The highest BCUT2D eigenvalue weighted by Gasteiger charge is 2.33. The van der Waals surface area contributed by atoms with Crippen molar-refractivity contribution in [2.24, 2.45) is 0 Å². The highest BCUT2D eigenvalue weighted by atomic mass is 19.1. The average Bonchev–Trinajstić information content (AvgIpc) is 2.70. The molecule has 0 saturated carbocycles. The van der Waals surface area contributed by atoms with Crippen LogP contribution in [0.4, 0.5) is 10.1 Å². The largest absolute Gasteiger partial charge is 0.493 e. The van der Waals surface area contributed by atoms with Gasteiger partial charge in [0.2, 0.25) is 11.5 Å². The van der Waals surface area contributed by atoms with Crippen LogP contribution in [0.15, 0.2) is 30.3 Å². The minimum Gasteiger partial charge on any atom is -0.493 e. The number of hydrogen-bond donors (Lipinski definition) is 1. The van der Waals surface area contributed by atoms with Gasteiger partial charge in [0.05, 0.1) is 26.3 Å². The van der Waals surface area contributed by atoms with E-state index in [-0.39, 0.29) is 29.4 Å². The van der Waals surface area contributed by atoms with E-state index in [0.29, 0.717) is 5.56 Å². The van der Waals surface area contributed by atoms with E-state index >= 15 is 0 Å². The van der Waals surface area contributed by atoms with Crippen LogP contribution in [0, 0.1) is 15.9 Å². The van der Waals surface area contributed by atoms with Crippen LogP contribution in [0.2, 0.25) is 0 Å². The summed E-state index contributed by atoms with van der Waals surface area (Å²) in [6.45, 7) is 3.56. The van der Waals surface area contributed by atoms with Crippen molar-refractivity contribution in [3.8, 4) is 17.2 Å². The standard InChI is InChI=1S/C20H23FN2O6/c1-20(2,13-8-6-7-9-14(13)21)11-22-19(24)12-10-15(27-3)17(28-4)18(29-5)16(12)23(25)26/h6-10H,11H2,1-5H3,(H,22,24). The van der Waals surface area contributed by atoms with Crippen LogP contribution in [0.1, 0.15) is 29.8 Å². The molecule has 0 aliphatic rings. The third kappa shape index (κ3) is 4.39. The zero-order valence-electron chi connectivity index (χ0n) is 16.9. The molecule has 2 aromatic rings. The van der Waals surface area contributed by atoms with E-state index in [1.165, 1.54) is 33.5 Å². The summed E-state index contributed by atoms with van der Waals surface area (Å²) in [5, 5.41) is 14.3. The zero-order chi connectivity index (χ0) is 21.8. The summed E-state index contributed by atoms with van der Waals surface area (Å²) in [4.78, 5) is 23.7. The number of amides is 1.